The second kappa shape index (κ2) is 6.05. The number of halogens is 2. The highest BCUT2D eigenvalue weighted by atomic mass is 79.9. The van der Waals surface area contributed by atoms with Crippen molar-refractivity contribution in [2.24, 2.45) is 7.05 Å². The SMILES string of the molecule is Cc1cc(Br)c[nH]n(C)cc1C(=O)c1ccccc1F. The average Bonchev–Trinajstić information content (AvgIpc) is 2.41. The molecule has 1 aromatic carbocycles. The van der Waals surface area contributed by atoms with Crippen LogP contribution in [0.1, 0.15) is 21.5 Å². The van der Waals surface area contributed by atoms with E-state index >= 15 is 0 Å². The van der Waals surface area contributed by atoms with Crippen molar-refractivity contribution < 1.29 is 9.18 Å². The summed E-state index contributed by atoms with van der Waals surface area (Å²) in [5, 5.41) is 2.96. The Morgan fingerprint density at radius 3 is 2.70 bits per heavy atom. The van der Waals surface area contributed by atoms with Crippen molar-refractivity contribution in [2.45, 2.75) is 6.92 Å². The van der Waals surface area contributed by atoms with Gasteiger partial charge >= 0.3 is 0 Å². The largest absolute Gasteiger partial charge is 0.305 e. The van der Waals surface area contributed by atoms with Crippen molar-refractivity contribution in [1.29, 1.82) is 0 Å². The fraction of sp³-hybridized carbons (Fsp3) is 0.133. The summed E-state index contributed by atoms with van der Waals surface area (Å²) in [5.74, 6) is -0.855. The summed E-state index contributed by atoms with van der Waals surface area (Å²) in [4.78, 5) is 12.5. The van der Waals surface area contributed by atoms with E-state index in [1.165, 1.54) is 12.1 Å². The van der Waals surface area contributed by atoms with Gasteiger partial charge in [0, 0.05) is 29.5 Å². The molecule has 0 fully saturated rings. The second-order valence-corrected chi connectivity index (χ2v) is 5.36. The lowest BCUT2D eigenvalue weighted by atomic mass is 10.0. The molecule has 1 N–H and O–H groups in total. The molecule has 1 aromatic heterocycles. The van der Waals surface area contributed by atoms with Crippen LogP contribution >= 0.6 is 15.9 Å². The van der Waals surface area contributed by atoms with Crippen LogP contribution in [0.25, 0.3) is 0 Å². The van der Waals surface area contributed by atoms with E-state index in [4.69, 9.17) is 0 Å². The molecule has 0 aliphatic heterocycles. The lowest BCUT2D eigenvalue weighted by Crippen LogP contribution is -2.08. The first-order valence-electron chi connectivity index (χ1n) is 6.03. The van der Waals surface area contributed by atoms with E-state index in [2.05, 4.69) is 21.0 Å². The second-order valence-electron chi connectivity index (χ2n) is 4.45. The number of carbonyl (C=O) groups is 1. The van der Waals surface area contributed by atoms with Crippen molar-refractivity contribution >= 4 is 21.7 Å². The summed E-state index contributed by atoms with van der Waals surface area (Å²) in [5.41, 5.74) is 1.27. The van der Waals surface area contributed by atoms with Crippen LogP contribution in [0.2, 0.25) is 0 Å². The number of aromatic nitrogens is 2. The Hall–Kier alpha value is -1.88. The number of hydrogen-bond acceptors (Lipinski definition) is 1. The topological polar surface area (TPSA) is 37.8 Å². The number of aromatic amines is 1. The first-order chi connectivity index (χ1) is 9.49. The van der Waals surface area contributed by atoms with Crippen molar-refractivity contribution in [3.8, 4) is 0 Å². The Labute approximate surface area is 124 Å². The molecule has 5 heteroatoms. The lowest BCUT2D eigenvalue weighted by Gasteiger charge is -2.07. The van der Waals surface area contributed by atoms with E-state index in [-0.39, 0.29) is 11.3 Å². The molecule has 0 saturated carbocycles. The van der Waals surface area contributed by atoms with Crippen LogP contribution < -0.4 is 0 Å². The molecule has 1 heterocycles. The molecule has 0 atom stereocenters. The third-order valence-corrected chi connectivity index (χ3v) is 3.33. The summed E-state index contributed by atoms with van der Waals surface area (Å²) in [6, 6.07) is 7.80. The molecule has 2 aromatic rings. The Balaban J connectivity index is 2.64. The molecule has 0 aliphatic carbocycles. The van der Waals surface area contributed by atoms with E-state index in [0.29, 0.717) is 5.56 Å². The molecule has 0 unspecified atom stereocenters. The molecule has 0 radical (unpaired) electrons. The molecular formula is C15H14BrFN2O. The molecule has 0 saturated heterocycles. The Kier molecular flexibility index (Phi) is 4.39. The van der Waals surface area contributed by atoms with Gasteiger partial charge in [0.15, 0.2) is 5.78 Å². The summed E-state index contributed by atoms with van der Waals surface area (Å²) in [6.07, 6.45) is 3.40. The number of nitrogens with one attached hydrogen (secondary N) is 1. The van der Waals surface area contributed by atoms with E-state index in [0.717, 1.165) is 10.0 Å². The number of benzene rings is 1. The minimum atomic E-state index is -0.515. The average molecular weight is 337 g/mol. The Morgan fingerprint density at radius 2 is 2.00 bits per heavy atom. The van der Waals surface area contributed by atoms with E-state index in [9.17, 15) is 9.18 Å². The number of H-pyrrole nitrogens is 1. The quantitative estimate of drug-likeness (QED) is 0.829. The van der Waals surface area contributed by atoms with Gasteiger partial charge in [0.05, 0.1) is 5.56 Å². The lowest BCUT2D eigenvalue weighted by molar-refractivity contribution is 0.103. The van der Waals surface area contributed by atoms with Gasteiger partial charge in [-0.2, -0.15) is 0 Å². The van der Waals surface area contributed by atoms with E-state index in [1.807, 2.05) is 13.0 Å². The fourth-order valence-electron chi connectivity index (χ4n) is 1.85. The number of aryl methyl sites for hydroxylation is 2. The minimum Gasteiger partial charge on any atom is -0.305 e. The van der Waals surface area contributed by atoms with Crippen molar-refractivity contribution in [3.63, 3.8) is 0 Å². The zero-order chi connectivity index (χ0) is 14.7. The minimum absolute atomic E-state index is 0.0700. The molecular weight excluding hydrogens is 323 g/mol. The number of nitrogens with zero attached hydrogens (tertiary/aromatic N) is 1. The molecule has 3 nitrogen and oxygen atoms in total. The summed E-state index contributed by atoms with van der Waals surface area (Å²) in [6.45, 7) is 1.82. The zero-order valence-electron chi connectivity index (χ0n) is 11.2. The van der Waals surface area contributed by atoms with Crippen molar-refractivity contribution in [1.82, 2.24) is 9.78 Å². The molecule has 104 valence electrons. The molecule has 0 spiro atoms. The van der Waals surface area contributed by atoms with Crippen LogP contribution in [0.5, 0.6) is 0 Å². The first-order valence-corrected chi connectivity index (χ1v) is 6.82. The van der Waals surface area contributed by atoms with Gasteiger partial charge in [-0.3, -0.25) is 9.48 Å². The van der Waals surface area contributed by atoms with Gasteiger partial charge in [0.2, 0.25) is 0 Å². The number of hydrogen-bond donors (Lipinski definition) is 1. The van der Waals surface area contributed by atoms with Crippen molar-refractivity contribution in [2.75, 3.05) is 0 Å². The predicted molar refractivity (Wildman–Crippen MR) is 79.7 cm³/mol. The van der Waals surface area contributed by atoms with Gasteiger partial charge in [-0.05, 0) is 46.6 Å². The van der Waals surface area contributed by atoms with Crippen LogP contribution in [0, 0.1) is 12.7 Å². The van der Waals surface area contributed by atoms with Crippen LogP contribution in [0.4, 0.5) is 4.39 Å². The maximum atomic E-state index is 13.8. The maximum Gasteiger partial charge on any atom is 0.197 e. The molecule has 0 amide bonds. The molecule has 20 heavy (non-hydrogen) atoms. The molecule has 0 aliphatic rings. The van der Waals surface area contributed by atoms with Gasteiger partial charge in [-0.15, -0.1) is 0 Å². The summed E-state index contributed by atoms with van der Waals surface area (Å²) < 4.78 is 16.2. The summed E-state index contributed by atoms with van der Waals surface area (Å²) in [7, 11) is 1.77. The number of carbonyl (C=O) groups excluding carboxylic acids is 1. The van der Waals surface area contributed by atoms with Crippen LogP contribution in [0.3, 0.4) is 0 Å². The third-order valence-electron chi connectivity index (χ3n) is 2.87. The van der Waals surface area contributed by atoms with Crippen molar-refractivity contribution in [3.05, 3.63) is 69.7 Å². The Bertz CT molecular complexity index is 702. The third kappa shape index (κ3) is 3.17. The van der Waals surface area contributed by atoms with Gasteiger partial charge in [-0.1, -0.05) is 12.1 Å². The fourth-order valence-corrected chi connectivity index (χ4v) is 2.30. The van der Waals surface area contributed by atoms with E-state index in [1.54, 1.807) is 36.3 Å². The molecule has 0 bridgehead atoms. The number of rotatable bonds is 2. The van der Waals surface area contributed by atoms with Crippen LogP contribution in [0.15, 0.2) is 47.2 Å². The highest BCUT2D eigenvalue weighted by molar-refractivity contribution is 9.10. The smallest absolute Gasteiger partial charge is 0.197 e. The normalized spacial score (nSPS) is 10.2. The molecule has 2 rings (SSSR count). The van der Waals surface area contributed by atoms with Gasteiger partial charge in [0.25, 0.3) is 0 Å². The van der Waals surface area contributed by atoms with Gasteiger partial charge in [-0.25, -0.2) is 4.39 Å². The Morgan fingerprint density at radius 1 is 1.30 bits per heavy atom. The highest BCUT2D eigenvalue weighted by Crippen LogP contribution is 2.17. The van der Waals surface area contributed by atoms with Gasteiger partial charge < -0.3 is 5.10 Å². The highest BCUT2D eigenvalue weighted by Gasteiger charge is 2.15. The van der Waals surface area contributed by atoms with Crippen LogP contribution in [-0.4, -0.2) is 15.6 Å². The monoisotopic (exact) mass is 336 g/mol. The van der Waals surface area contributed by atoms with Gasteiger partial charge in [0.1, 0.15) is 5.82 Å². The summed E-state index contributed by atoms with van der Waals surface area (Å²) >= 11 is 3.37. The maximum absolute atomic E-state index is 13.8. The first kappa shape index (κ1) is 14.5. The standard InChI is InChI=1S/C15H14BrFN2O/c1-10-7-11(16)8-18-19(2)9-13(10)15(20)12-5-3-4-6-14(12)17/h3-9,18H,1-2H3. The van der Waals surface area contributed by atoms with Crippen LogP contribution in [-0.2, 0) is 7.05 Å². The zero-order valence-corrected chi connectivity index (χ0v) is 12.7. The van der Waals surface area contributed by atoms with E-state index < -0.39 is 5.82 Å². The number of ketones is 1. The predicted octanol–water partition coefficient (Wildman–Crippen LogP) is 3.92.